The number of rotatable bonds is 2. The van der Waals surface area contributed by atoms with Gasteiger partial charge >= 0.3 is 6.18 Å². The van der Waals surface area contributed by atoms with Crippen LogP contribution in [0.25, 0.3) is 0 Å². The Balaban J connectivity index is 2.13. The van der Waals surface area contributed by atoms with Crippen molar-refractivity contribution in [1.82, 2.24) is 0 Å². The first-order valence-electron chi connectivity index (χ1n) is 5.09. The molecule has 94 valence electrons. The van der Waals surface area contributed by atoms with E-state index in [0.29, 0.717) is 11.5 Å². The first-order valence-corrected chi connectivity index (χ1v) is 5.54. The second kappa shape index (κ2) is 4.94. The molecule has 0 bridgehead atoms. The van der Waals surface area contributed by atoms with Gasteiger partial charge < -0.3 is 4.74 Å². The summed E-state index contributed by atoms with van der Waals surface area (Å²) in [5, 5.41) is 0. The van der Waals surface area contributed by atoms with Gasteiger partial charge in [-0.3, -0.25) is 0 Å². The third kappa shape index (κ3) is 3.20. The van der Waals surface area contributed by atoms with E-state index in [1.807, 2.05) is 0 Å². The fourth-order valence-electron chi connectivity index (χ4n) is 1.36. The number of hydrogen-bond acceptors (Lipinski definition) is 2. The zero-order valence-corrected chi connectivity index (χ0v) is 10.0. The van der Waals surface area contributed by atoms with E-state index in [1.165, 1.54) is 12.1 Å². The molecular formula is C13H9F3OS. The summed E-state index contributed by atoms with van der Waals surface area (Å²) in [6.45, 7) is 0. The summed E-state index contributed by atoms with van der Waals surface area (Å²) < 4.78 is 42.4. The average Bonchev–Trinajstić information content (AvgIpc) is 2.32. The molecule has 2 rings (SSSR count). The maximum absolute atomic E-state index is 12.3. The van der Waals surface area contributed by atoms with E-state index in [0.717, 1.165) is 17.0 Å². The van der Waals surface area contributed by atoms with Crippen molar-refractivity contribution in [1.29, 1.82) is 0 Å². The summed E-state index contributed by atoms with van der Waals surface area (Å²) in [5.74, 6) is 0.905. The first kappa shape index (κ1) is 12.8. The molecule has 0 saturated carbocycles. The van der Waals surface area contributed by atoms with Crippen LogP contribution in [0.4, 0.5) is 13.2 Å². The van der Waals surface area contributed by atoms with Crippen LogP contribution in [0, 0.1) is 0 Å². The van der Waals surface area contributed by atoms with Gasteiger partial charge in [0.1, 0.15) is 11.5 Å². The van der Waals surface area contributed by atoms with Gasteiger partial charge in [0, 0.05) is 4.90 Å². The quantitative estimate of drug-likeness (QED) is 0.772. The van der Waals surface area contributed by atoms with Gasteiger partial charge in [-0.25, -0.2) is 0 Å². The number of halogens is 3. The van der Waals surface area contributed by atoms with Crippen molar-refractivity contribution in [2.45, 2.75) is 11.1 Å². The molecule has 0 amide bonds. The second-order valence-electron chi connectivity index (χ2n) is 3.62. The molecule has 0 aliphatic carbocycles. The van der Waals surface area contributed by atoms with E-state index >= 15 is 0 Å². The summed E-state index contributed by atoms with van der Waals surface area (Å²) in [4.78, 5) is 0.787. The van der Waals surface area contributed by atoms with Crippen molar-refractivity contribution in [2.75, 3.05) is 0 Å². The highest BCUT2D eigenvalue weighted by Crippen LogP contribution is 2.31. The summed E-state index contributed by atoms with van der Waals surface area (Å²) in [6.07, 6.45) is -4.33. The topological polar surface area (TPSA) is 9.23 Å². The van der Waals surface area contributed by atoms with Crippen LogP contribution in [-0.4, -0.2) is 0 Å². The van der Waals surface area contributed by atoms with Crippen LogP contribution in [0.15, 0.2) is 53.4 Å². The fraction of sp³-hybridized carbons (Fsp3) is 0.0769. The van der Waals surface area contributed by atoms with Crippen LogP contribution < -0.4 is 4.74 Å². The van der Waals surface area contributed by atoms with Crippen molar-refractivity contribution in [2.24, 2.45) is 0 Å². The molecule has 0 aliphatic rings. The minimum Gasteiger partial charge on any atom is -0.457 e. The Hall–Kier alpha value is -1.62. The van der Waals surface area contributed by atoms with Gasteiger partial charge in [-0.2, -0.15) is 13.2 Å². The fourth-order valence-corrected chi connectivity index (χ4v) is 1.51. The van der Waals surface area contributed by atoms with Crippen LogP contribution in [0.3, 0.4) is 0 Å². The molecule has 0 fully saturated rings. The van der Waals surface area contributed by atoms with Gasteiger partial charge in [0.15, 0.2) is 0 Å². The molecule has 0 spiro atoms. The Morgan fingerprint density at radius 1 is 0.778 bits per heavy atom. The minimum atomic E-state index is -4.33. The number of thiol groups is 1. The van der Waals surface area contributed by atoms with E-state index in [4.69, 9.17) is 4.74 Å². The van der Waals surface area contributed by atoms with Gasteiger partial charge in [-0.15, -0.1) is 12.6 Å². The van der Waals surface area contributed by atoms with Crippen LogP contribution in [0.1, 0.15) is 5.56 Å². The number of hydrogen-bond donors (Lipinski definition) is 1. The molecule has 0 saturated heterocycles. The van der Waals surface area contributed by atoms with Crippen LogP contribution in [-0.2, 0) is 6.18 Å². The van der Waals surface area contributed by atoms with E-state index in [1.54, 1.807) is 24.3 Å². The highest BCUT2D eigenvalue weighted by molar-refractivity contribution is 7.80. The number of alkyl halides is 3. The van der Waals surface area contributed by atoms with Gasteiger partial charge in [-0.1, -0.05) is 0 Å². The van der Waals surface area contributed by atoms with Crippen molar-refractivity contribution in [3.05, 3.63) is 54.1 Å². The van der Waals surface area contributed by atoms with Crippen LogP contribution >= 0.6 is 12.6 Å². The zero-order chi connectivity index (χ0) is 13.2. The molecule has 1 nitrogen and oxygen atoms in total. The third-order valence-electron chi connectivity index (χ3n) is 2.25. The molecule has 0 N–H and O–H groups in total. The van der Waals surface area contributed by atoms with Crippen molar-refractivity contribution >= 4 is 12.6 Å². The van der Waals surface area contributed by atoms with Crippen LogP contribution in [0.2, 0.25) is 0 Å². The smallest absolute Gasteiger partial charge is 0.416 e. The molecule has 2 aromatic carbocycles. The molecule has 0 atom stereocenters. The standard InChI is InChI=1S/C13H9F3OS/c14-13(15,16)9-1-3-10(4-2-9)17-11-5-7-12(18)8-6-11/h1-8,18H. The van der Waals surface area contributed by atoms with E-state index in [2.05, 4.69) is 12.6 Å². The Morgan fingerprint density at radius 3 is 1.67 bits per heavy atom. The van der Waals surface area contributed by atoms with Crippen molar-refractivity contribution in [3.63, 3.8) is 0 Å². The Kier molecular flexibility index (Phi) is 3.52. The highest BCUT2D eigenvalue weighted by atomic mass is 32.1. The lowest BCUT2D eigenvalue weighted by atomic mass is 10.2. The molecule has 18 heavy (non-hydrogen) atoms. The summed E-state index contributed by atoms with van der Waals surface area (Å²) in [7, 11) is 0. The van der Waals surface area contributed by atoms with Gasteiger partial charge in [0.05, 0.1) is 5.56 Å². The lowest BCUT2D eigenvalue weighted by Gasteiger charge is -2.09. The van der Waals surface area contributed by atoms with E-state index < -0.39 is 11.7 Å². The minimum absolute atomic E-state index is 0.356. The van der Waals surface area contributed by atoms with Crippen molar-refractivity contribution in [3.8, 4) is 11.5 Å². The van der Waals surface area contributed by atoms with Crippen molar-refractivity contribution < 1.29 is 17.9 Å². The predicted molar refractivity (Wildman–Crippen MR) is 65.2 cm³/mol. The molecule has 0 heterocycles. The third-order valence-corrected chi connectivity index (χ3v) is 2.55. The Labute approximate surface area is 108 Å². The molecule has 0 radical (unpaired) electrons. The molecule has 5 heteroatoms. The van der Waals surface area contributed by atoms with E-state index in [-0.39, 0.29) is 0 Å². The Morgan fingerprint density at radius 2 is 1.22 bits per heavy atom. The molecule has 0 aliphatic heterocycles. The summed E-state index contributed by atoms with van der Waals surface area (Å²) in [5.41, 5.74) is -0.694. The maximum atomic E-state index is 12.3. The van der Waals surface area contributed by atoms with Gasteiger partial charge in [-0.05, 0) is 48.5 Å². The largest absolute Gasteiger partial charge is 0.457 e. The monoisotopic (exact) mass is 270 g/mol. The van der Waals surface area contributed by atoms with Gasteiger partial charge in [0.25, 0.3) is 0 Å². The Bertz CT molecular complexity index is 517. The summed E-state index contributed by atoms with van der Waals surface area (Å²) in [6, 6.07) is 11.4. The molecule has 0 aromatic heterocycles. The lowest BCUT2D eigenvalue weighted by molar-refractivity contribution is -0.137. The number of ether oxygens (including phenoxy) is 1. The highest BCUT2D eigenvalue weighted by Gasteiger charge is 2.29. The average molecular weight is 270 g/mol. The SMILES string of the molecule is FC(F)(F)c1ccc(Oc2ccc(S)cc2)cc1. The van der Waals surface area contributed by atoms with Gasteiger partial charge in [0.2, 0.25) is 0 Å². The summed E-state index contributed by atoms with van der Waals surface area (Å²) >= 11 is 4.12. The zero-order valence-electron chi connectivity index (χ0n) is 9.11. The first-order chi connectivity index (χ1) is 8.45. The van der Waals surface area contributed by atoms with E-state index in [9.17, 15) is 13.2 Å². The molecular weight excluding hydrogens is 261 g/mol. The number of benzene rings is 2. The molecule has 0 unspecified atom stereocenters. The predicted octanol–water partition coefficient (Wildman–Crippen LogP) is 4.79. The van der Waals surface area contributed by atoms with Crippen LogP contribution in [0.5, 0.6) is 11.5 Å². The second-order valence-corrected chi connectivity index (χ2v) is 4.13. The molecule has 2 aromatic rings. The maximum Gasteiger partial charge on any atom is 0.416 e. The lowest BCUT2D eigenvalue weighted by Crippen LogP contribution is -2.03. The normalized spacial score (nSPS) is 11.3.